The van der Waals surface area contributed by atoms with Crippen LogP contribution in [0.3, 0.4) is 0 Å². The average Bonchev–Trinajstić information content (AvgIpc) is 2.79. The summed E-state index contributed by atoms with van der Waals surface area (Å²) in [6, 6.07) is 3.16. The molecular formula is C14H21NO2S. The average molecular weight is 267 g/mol. The van der Waals surface area contributed by atoms with Crippen molar-refractivity contribution in [3.63, 3.8) is 0 Å². The molecule has 1 saturated carbocycles. The fourth-order valence-corrected chi connectivity index (χ4v) is 3.12. The van der Waals surface area contributed by atoms with E-state index in [-0.39, 0.29) is 5.97 Å². The lowest BCUT2D eigenvalue weighted by Crippen LogP contribution is -2.25. The van der Waals surface area contributed by atoms with Gasteiger partial charge >= 0.3 is 5.97 Å². The second kappa shape index (κ2) is 6.90. The Hall–Kier alpha value is -0.870. The van der Waals surface area contributed by atoms with Crippen molar-refractivity contribution in [3.05, 3.63) is 22.4 Å². The third-order valence-corrected chi connectivity index (χ3v) is 4.50. The minimum Gasteiger partial charge on any atom is -0.464 e. The van der Waals surface area contributed by atoms with Gasteiger partial charge in [0.2, 0.25) is 0 Å². The highest BCUT2D eigenvalue weighted by Crippen LogP contribution is 2.24. The lowest BCUT2D eigenvalue weighted by molar-refractivity contribution is -0.146. The lowest BCUT2D eigenvalue weighted by atomic mass is 10.0. The molecule has 0 aromatic carbocycles. The zero-order valence-electron chi connectivity index (χ0n) is 10.6. The molecule has 1 aliphatic carbocycles. The molecule has 4 heteroatoms. The van der Waals surface area contributed by atoms with Gasteiger partial charge in [0.25, 0.3) is 0 Å². The van der Waals surface area contributed by atoms with E-state index in [1.54, 1.807) is 0 Å². The molecule has 0 saturated heterocycles. The molecule has 100 valence electrons. The van der Waals surface area contributed by atoms with E-state index in [1.807, 2.05) is 17.5 Å². The van der Waals surface area contributed by atoms with E-state index < -0.39 is 6.04 Å². The Balaban J connectivity index is 1.77. The van der Waals surface area contributed by atoms with Crippen LogP contribution < -0.4 is 5.73 Å². The predicted molar refractivity (Wildman–Crippen MR) is 73.4 cm³/mol. The number of carbonyl (C=O) groups is 1. The highest BCUT2D eigenvalue weighted by atomic mass is 32.1. The smallest absolute Gasteiger partial charge is 0.328 e. The van der Waals surface area contributed by atoms with Gasteiger partial charge in [0.1, 0.15) is 6.04 Å². The van der Waals surface area contributed by atoms with Crippen molar-refractivity contribution in [1.29, 1.82) is 0 Å². The maximum atomic E-state index is 11.8. The number of rotatable bonds is 4. The number of ether oxygens (including phenoxy) is 1. The molecule has 18 heavy (non-hydrogen) atoms. The molecule has 0 amide bonds. The molecule has 0 bridgehead atoms. The number of nitrogens with two attached hydrogens (primary N) is 1. The molecule has 1 fully saturated rings. The molecule has 1 heterocycles. The highest BCUT2D eigenvalue weighted by molar-refractivity contribution is 7.10. The van der Waals surface area contributed by atoms with Crippen LogP contribution in [0.15, 0.2) is 17.5 Å². The third-order valence-electron chi connectivity index (χ3n) is 3.54. The Morgan fingerprint density at radius 2 is 2.11 bits per heavy atom. The zero-order chi connectivity index (χ0) is 12.8. The Morgan fingerprint density at radius 1 is 1.39 bits per heavy atom. The number of hydrogen-bond donors (Lipinski definition) is 1. The van der Waals surface area contributed by atoms with E-state index in [0.29, 0.717) is 12.5 Å². The Labute approximate surface area is 112 Å². The van der Waals surface area contributed by atoms with Crippen molar-refractivity contribution in [2.45, 2.75) is 44.6 Å². The molecule has 1 aromatic rings. The molecule has 1 atom stereocenters. The van der Waals surface area contributed by atoms with Crippen LogP contribution in [0.5, 0.6) is 0 Å². The van der Waals surface area contributed by atoms with Crippen molar-refractivity contribution in [1.82, 2.24) is 0 Å². The second-order valence-electron chi connectivity index (χ2n) is 4.98. The van der Waals surface area contributed by atoms with Crippen molar-refractivity contribution < 1.29 is 9.53 Å². The van der Waals surface area contributed by atoms with Gasteiger partial charge in [-0.15, -0.1) is 11.3 Å². The van der Waals surface area contributed by atoms with Crippen LogP contribution in [0.25, 0.3) is 0 Å². The van der Waals surface area contributed by atoms with Crippen LogP contribution in [0.2, 0.25) is 0 Å². The normalized spacial score (nSPS) is 19.2. The van der Waals surface area contributed by atoms with Gasteiger partial charge in [-0.25, -0.2) is 4.79 Å². The Morgan fingerprint density at radius 3 is 2.72 bits per heavy atom. The lowest BCUT2D eigenvalue weighted by Gasteiger charge is -2.16. The quantitative estimate of drug-likeness (QED) is 0.673. The summed E-state index contributed by atoms with van der Waals surface area (Å²) in [7, 11) is 0. The maximum Gasteiger partial charge on any atom is 0.328 e. The Bertz CT molecular complexity index is 356. The highest BCUT2D eigenvalue weighted by Gasteiger charge is 2.20. The third kappa shape index (κ3) is 3.82. The van der Waals surface area contributed by atoms with Gasteiger partial charge in [-0.2, -0.15) is 0 Å². The first-order valence-corrected chi connectivity index (χ1v) is 7.61. The van der Waals surface area contributed by atoms with Gasteiger partial charge in [0, 0.05) is 4.88 Å². The predicted octanol–water partition coefficient (Wildman–Crippen LogP) is 3.26. The first-order chi connectivity index (χ1) is 8.77. The summed E-state index contributed by atoms with van der Waals surface area (Å²) >= 11 is 1.50. The molecule has 0 aliphatic heterocycles. The molecule has 3 nitrogen and oxygen atoms in total. The molecular weight excluding hydrogens is 246 g/mol. The summed E-state index contributed by atoms with van der Waals surface area (Å²) < 4.78 is 5.37. The van der Waals surface area contributed by atoms with Gasteiger partial charge in [0.05, 0.1) is 6.61 Å². The minimum absolute atomic E-state index is 0.290. The van der Waals surface area contributed by atoms with Crippen LogP contribution in [-0.2, 0) is 9.53 Å². The largest absolute Gasteiger partial charge is 0.464 e. The van der Waals surface area contributed by atoms with Gasteiger partial charge in [-0.05, 0) is 30.2 Å². The molecule has 2 rings (SSSR count). The first-order valence-electron chi connectivity index (χ1n) is 6.73. The number of hydrogen-bond acceptors (Lipinski definition) is 4. The number of esters is 1. The van der Waals surface area contributed by atoms with E-state index in [4.69, 9.17) is 10.5 Å². The molecule has 2 N–H and O–H groups in total. The van der Waals surface area contributed by atoms with Crippen LogP contribution in [0, 0.1) is 5.92 Å². The van der Waals surface area contributed by atoms with E-state index in [2.05, 4.69) is 0 Å². The zero-order valence-corrected chi connectivity index (χ0v) is 11.5. The second-order valence-corrected chi connectivity index (χ2v) is 5.96. The summed E-state index contributed by atoms with van der Waals surface area (Å²) in [5, 5.41) is 1.92. The summed E-state index contributed by atoms with van der Waals surface area (Å²) in [5.74, 6) is 0.244. The topological polar surface area (TPSA) is 52.3 Å². The van der Waals surface area contributed by atoms with Gasteiger partial charge in [-0.1, -0.05) is 31.7 Å². The van der Waals surface area contributed by atoms with Crippen molar-refractivity contribution in [2.75, 3.05) is 6.61 Å². The molecule has 0 radical (unpaired) electrons. The van der Waals surface area contributed by atoms with Crippen LogP contribution >= 0.6 is 11.3 Å². The standard InChI is InChI=1S/C14H21NO2S/c15-13(12-8-5-9-18-12)14(16)17-10-11-6-3-1-2-4-7-11/h5,8-9,11,13H,1-4,6-7,10,15H2. The fraction of sp³-hybridized carbons (Fsp3) is 0.643. The maximum absolute atomic E-state index is 11.8. The van der Waals surface area contributed by atoms with E-state index in [0.717, 1.165) is 4.88 Å². The van der Waals surface area contributed by atoms with Crippen molar-refractivity contribution in [3.8, 4) is 0 Å². The van der Waals surface area contributed by atoms with E-state index in [1.165, 1.54) is 49.9 Å². The van der Waals surface area contributed by atoms with Gasteiger partial charge < -0.3 is 10.5 Å². The van der Waals surface area contributed by atoms with E-state index in [9.17, 15) is 4.79 Å². The monoisotopic (exact) mass is 267 g/mol. The summed E-state index contributed by atoms with van der Waals surface area (Å²) in [5.41, 5.74) is 5.87. The fourth-order valence-electron chi connectivity index (χ4n) is 2.40. The first kappa shape index (κ1) is 13.6. The number of carbonyl (C=O) groups excluding carboxylic acids is 1. The van der Waals surface area contributed by atoms with Crippen molar-refractivity contribution >= 4 is 17.3 Å². The summed E-state index contributed by atoms with van der Waals surface area (Å²) in [6.07, 6.45) is 7.53. The van der Waals surface area contributed by atoms with Crippen LogP contribution in [0.1, 0.15) is 49.4 Å². The SMILES string of the molecule is NC(C(=O)OCC1CCCCCC1)c1cccs1. The molecule has 1 aromatic heterocycles. The van der Waals surface area contributed by atoms with Gasteiger partial charge in [0.15, 0.2) is 0 Å². The minimum atomic E-state index is -0.615. The summed E-state index contributed by atoms with van der Waals surface area (Å²) in [6.45, 7) is 0.540. The summed E-state index contributed by atoms with van der Waals surface area (Å²) in [4.78, 5) is 12.7. The van der Waals surface area contributed by atoms with Crippen LogP contribution in [-0.4, -0.2) is 12.6 Å². The van der Waals surface area contributed by atoms with Crippen LogP contribution in [0.4, 0.5) is 0 Å². The van der Waals surface area contributed by atoms with Crippen molar-refractivity contribution in [2.24, 2.45) is 11.7 Å². The van der Waals surface area contributed by atoms with Gasteiger partial charge in [-0.3, -0.25) is 0 Å². The molecule has 1 unspecified atom stereocenters. The van der Waals surface area contributed by atoms with E-state index >= 15 is 0 Å². The molecule has 0 spiro atoms. The molecule has 1 aliphatic rings. The number of thiophene rings is 1. The Kier molecular flexibility index (Phi) is 5.20.